The Hall–Kier alpha value is -1.69. The molecule has 0 spiro atoms. The summed E-state index contributed by atoms with van der Waals surface area (Å²) in [6, 6.07) is 13.0. The van der Waals surface area contributed by atoms with E-state index in [2.05, 4.69) is 4.90 Å². The van der Waals surface area contributed by atoms with Crippen molar-refractivity contribution in [2.45, 2.75) is 4.90 Å². The minimum Gasteiger partial charge on any atom is -0.379 e. The molecule has 1 saturated heterocycles. The Morgan fingerprint density at radius 3 is 2.55 bits per heavy atom. The highest BCUT2D eigenvalue weighted by Gasteiger charge is 2.12. The maximum atomic E-state index is 12.4. The number of ether oxygens (including phenoxy) is 1. The van der Waals surface area contributed by atoms with Crippen molar-refractivity contribution in [2.24, 2.45) is 0 Å². The second-order valence-electron chi connectivity index (χ2n) is 5.34. The summed E-state index contributed by atoms with van der Waals surface area (Å²) in [5, 5.41) is 3.29. The van der Waals surface area contributed by atoms with Crippen molar-refractivity contribution in [1.82, 2.24) is 4.90 Å². The van der Waals surface area contributed by atoms with Gasteiger partial charge in [-0.05, 0) is 22.9 Å². The van der Waals surface area contributed by atoms with E-state index in [9.17, 15) is 8.42 Å². The minimum absolute atomic E-state index is 0.337. The first-order valence-corrected chi connectivity index (χ1v) is 8.90. The normalized spacial score (nSPS) is 17.3. The number of hydrogen-bond donors (Lipinski definition) is 0. The van der Waals surface area contributed by atoms with Crippen LogP contribution in [-0.4, -0.2) is 46.2 Å². The van der Waals surface area contributed by atoms with E-state index >= 15 is 0 Å². The van der Waals surface area contributed by atoms with Gasteiger partial charge in [-0.3, -0.25) is 4.90 Å². The third-order valence-corrected chi connectivity index (χ3v) is 5.25. The van der Waals surface area contributed by atoms with Crippen molar-refractivity contribution < 1.29 is 13.2 Å². The van der Waals surface area contributed by atoms with Gasteiger partial charge >= 0.3 is 0 Å². The summed E-state index contributed by atoms with van der Waals surface area (Å²) in [7, 11) is -3.39. The van der Waals surface area contributed by atoms with Gasteiger partial charge in [-0.25, -0.2) is 8.42 Å². The van der Waals surface area contributed by atoms with E-state index in [0.29, 0.717) is 24.7 Å². The monoisotopic (exact) mass is 317 g/mol. The lowest BCUT2D eigenvalue weighted by molar-refractivity contribution is 0.0434. The van der Waals surface area contributed by atoms with Gasteiger partial charge in [-0.1, -0.05) is 36.4 Å². The van der Waals surface area contributed by atoms with Crippen molar-refractivity contribution in [3.63, 3.8) is 0 Å². The lowest BCUT2D eigenvalue weighted by Crippen LogP contribution is -2.36. The molecular formula is C17H19NO3S. The van der Waals surface area contributed by atoms with Crippen molar-refractivity contribution in [3.05, 3.63) is 53.9 Å². The van der Waals surface area contributed by atoms with Crippen LogP contribution >= 0.6 is 0 Å². The third-order valence-electron chi connectivity index (χ3n) is 3.79. The van der Waals surface area contributed by atoms with E-state index in [4.69, 9.17) is 4.74 Å². The Labute approximate surface area is 130 Å². The largest absolute Gasteiger partial charge is 0.379 e. The minimum atomic E-state index is -3.39. The highest BCUT2D eigenvalue weighted by molar-refractivity contribution is 7.94. The first-order chi connectivity index (χ1) is 10.6. The molecule has 116 valence electrons. The number of rotatable bonds is 4. The maximum absolute atomic E-state index is 12.4. The van der Waals surface area contributed by atoms with Crippen LogP contribution in [0.3, 0.4) is 0 Å². The molecule has 22 heavy (non-hydrogen) atoms. The van der Waals surface area contributed by atoms with Gasteiger partial charge in [0.2, 0.25) is 0 Å². The van der Waals surface area contributed by atoms with E-state index in [1.807, 2.05) is 30.3 Å². The van der Waals surface area contributed by atoms with E-state index in [0.717, 1.165) is 23.9 Å². The average Bonchev–Trinajstić information content (AvgIpc) is 2.55. The summed E-state index contributed by atoms with van der Waals surface area (Å²) < 4.78 is 30.0. The van der Waals surface area contributed by atoms with E-state index in [1.54, 1.807) is 18.2 Å². The Morgan fingerprint density at radius 2 is 1.77 bits per heavy atom. The van der Waals surface area contributed by atoms with Crippen LogP contribution in [0.25, 0.3) is 10.8 Å². The van der Waals surface area contributed by atoms with E-state index in [-0.39, 0.29) is 0 Å². The molecule has 0 amide bonds. The predicted molar refractivity (Wildman–Crippen MR) is 87.5 cm³/mol. The first kappa shape index (κ1) is 15.2. The highest BCUT2D eigenvalue weighted by Crippen LogP contribution is 2.20. The van der Waals surface area contributed by atoms with E-state index < -0.39 is 9.84 Å². The van der Waals surface area contributed by atoms with Crippen molar-refractivity contribution in [2.75, 3.05) is 32.8 Å². The molecule has 1 fully saturated rings. The van der Waals surface area contributed by atoms with Crippen LogP contribution in [0.2, 0.25) is 0 Å². The standard InChI is InChI=1S/C17H19NO3S/c19-22(20,13-3-8-18-9-11-21-12-10-18)17-7-6-15-4-1-2-5-16(15)14-17/h1-7,13-14H,8-12H2. The summed E-state index contributed by atoms with van der Waals surface area (Å²) in [5.74, 6) is 0. The molecule has 4 nitrogen and oxygen atoms in total. The van der Waals surface area contributed by atoms with Gasteiger partial charge in [-0.2, -0.15) is 0 Å². The molecule has 0 saturated carbocycles. The Morgan fingerprint density at radius 1 is 1.05 bits per heavy atom. The molecule has 3 rings (SSSR count). The fourth-order valence-electron chi connectivity index (χ4n) is 2.53. The molecule has 0 atom stereocenters. The van der Waals surface area contributed by atoms with Gasteiger partial charge in [0.25, 0.3) is 0 Å². The molecule has 0 bridgehead atoms. The lowest BCUT2D eigenvalue weighted by Gasteiger charge is -2.25. The van der Waals surface area contributed by atoms with Crippen LogP contribution in [0.4, 0.5) is 0 Å². The molecule has 0 aliphatic carbocycles. The number of morpholine rings is 1. The molecule has 0 aromatic heterocycles. The maximum Gasteiger partial charge on any atom is 0.199 e. The summed E-state index contributed by atoms with van der Waals surface area (Å²) in [5.41, 5.74) is 0. The van der Waals surface area contributed by atoms with Crippen LogP contribution in [0.1, 0.15) is 0 Å². The van der Waals surface area contributed by atoms with Crippen LogP contribution in [0.5, 0.6) is 0 Å². The van der Waals surface area contributed by atoms with Gasteiger partial charge in [0.15, 0.2) is 9.84 Å². The fraction of sp³-hybridized carbons (Fsp3) is 0.294. The van der Waals surface area contributed by atoms with Gasteiger partial charge in [-0.15, -0.1) is 0 Å². The fourth-order valence-corrected chi connectivity index (χ4v) is 3.57. The second-order valence-corrected chi connectivity index (χ2v) is 7.17. The molecule has 0 N–H and O–H groups in total. The summed E-state index contributed by atoms with van der Waals surface area (Å²) in [4.78, 5) is 2.51. The molecule has 0 radical (unpaired) electrons. The van der Waals surface area contributed by atoms with Crippen LogP contribution in [0.15, 0.2) is 58.8 Å². The molecule has 5 heteroatoms. The Bertz CT molecular complexity index is 777. The molecular weight excluding hydrogens is 298 g/mol. The molecule has 1 aliphatic heterocycles. The Kier molecular flexibility index (Phi) is 4.57. The van der Waals surface area contributed by atoms with Gasteiger partial charge in [0, 0.05) is 25.0 Å². The summed E-state index contributed by atoms with van der Waals surface area (Å²) in [6.07, 6.45) is 1.72. The van der Waals surface area contributed by atoms with Crippen LogP contribution in [-0.2, 0) is 14.6 Å². The molecule has 0 unspecified atom stereocenters. The van der Waals surface area contributed by atoms with E-state index in [1.165, 1.54) is 5.41 Å². The van der Waals surface area contributed by atoms with Crippen molar-refractivity contribution >= 4 is 20.6 Å². The van der Waals surface area contributed by atoms with Crippen LogP contribution in [0, 0.1) is 0 Å². The quantitative estimate of drug-likeness (QED) is 0.869. The van der Waals surface area contributed by atoms with Crippen LogP contribution < -0.4 is 0 Å². The molecule has 2 aromatic rings. The third kappa shape index (κ3) is 3.55. The number of sulfone groups is 1. The van der Waals surface area contributed by atoms with Gasteiger partial charge in [0.1, 0.15) is 0 Å². The van der Waals surface area contributed by atoms with Crippen molar-refractivity contribution in [3.8, 4) is 0 Å². The predicted octanol–water partition coefficient (Wildman–Crippen LogP) is 2.46. The van der Waals surface area contributed by atoms with Gasteiger partial charge in [0.05, 0.1) is 18.1 Å². The SMILES string of the molecule is O=S(=O)(C=CCN1CCOCC1)c1ccc2ccccc2c1. The molecule has 2 aromatic carbocycles. The lowest BCUT2D eigenvalue weighted by atomic mass is 10.1. The molecule has 1 aliphatic rings. The zero-order valence-corrected chi connectivity index (χ0v) is 13.1. The Balaban J connectivity index is 1.75. The summed E-state index contributed by atoms with van der Waals surface area (Å²) in [6.45, 7) is 3.76. The number of hydrogen-bond acceptors (Lipinski definition) is 4. The molecule has 1 heterocycles. The second kappa shape index (κ2) is 6.60. The number of fused-ring (bicyclic) bond motifs is 1. The first-order valence-electron chi connectivity index (χ1n) is 7.36. The number of nitrogens with zero attached hydrogens (tertiary/aromatic N) is 1. The van der Waals surface area contributed by atoms with Crippen molar-refractivity contribution in [1.29, 1.82) is 0 Å². The smallest absolute Gasteiger partial charge is 0.199 e. The average molecular weight is 317 g/mol. The number of benzene rings is 2. The zero-order chi connectivity index (χ0) is 15.4. The summed E-state index contributed by atoms with van der Waals surface area (Å²) >= 11 is 0. The zero-order valence-electron chi connectivity index (χ0n) is 12.3. The topological polar surface area (TPSA) is 46.6 Å². The van der Waals surface area contributed by atoms with Gasteiger partial charge < -0.3 is 4.74 Å². The highest BCUT2D eigenvalue weighted by atomic mass is 32.2.